The highest BCUT2D eigenvalue weighted by Gasteiger charge is 2.14. The molecule has 154 valence electrons. The maximum Gasteiger partial charge on any atom is 0.269 e. The molecular weight excluding hydrogens is 404 g/mol. The lowest BCUT2D eigenvalue weighted by Crippen LogP contribution is -2.21. The Morgan fingerprint density at radius 1 is 1.17 bits per heavy atom. The summed E-state index contributed by atoms with van der Waals surface area (Å²) in [4.78, 5) is 22.4. The lowest BCUT2D eigenvalue weighted by molar-refractivity contribution is -0.384. The van der Waals surface area contributed by atoms with Gasteiger partial charge in [0.2, 0.25) is 0 Å². The second-order valence-electron chi connectivity index (χ2n) is 6.24. The molecule has 0 spiro atoms. The van der Waals surface area contributed by atoms with E-state index in [-0.39, 0.29) is 17.3 Å². The first-order valence-corrected chi connectivity index (χ1v) is 10.2. The molecule has 0 saturated carbocycles. The summed E-state index contributed by atoms with van der Waals surface area (Å²) in [7, 11) is 0. The van der Waals surface area contributed by atoms with Crippen LogP contribution in [0.5, 0.6) is 0 Å². The number of nitrogens with one attached hydrogen (secondary N) is 1. The number of aromatic nitrogens is 3. The third-order valence-corrected chi connectivity index (χ3v) is 5.21. The van der Waals surface area contributed by atoms with E-state index in [1.807, 2.05) is 41.8 Å². The van der Waals surface area contributed by atoms with E-state index in [1.54, 1.807) is 19.1 Å². The molecule has 2 aromatic carbocycles. The molecule has 0 bridgehead atoms. The summed E-state index contributed by atoms with van der Waals surface area (Å²) in [6, 6.07) is 15.7. The Kier molecular flexibility index (Phi) is 6.91. The van der Waals surface area contributed by atoms with Crippen LogP contribution in [0, 0.1) is 10.1 Å². The Hall–Kier alpha value is -3.53. The molecule has 0 saturated heterocycles. The first-order chi connectivity index (χ1) is 14.5. The third kappa shape index (κ3) is 5.09. The Balaban J connectivity index is 1.60. The standard InChI is InChI=1S/C20H20N6O3S/c1-3-25-19(16-7-5-4-6-8-16)23-24-20(25)30-13-18(27)22-21-14(2)15-9-11-17(12-10-15)26(28)29/h4-12H,3,13H2,1-2H3,(H,22,27). The van der Waals surface area contributed by atoms with Gasteiger partial charge < -0.3 is 4.57 Å². The van der Waals surface area contributed by atoms with E-state index in [0.717, 1.165) is 11.4 Å². The number of rotatable bonds is 8. The summed E-state index contributed by atoms with van der Waals surface area (Å²) in [5, 5.41) is 23.9. The predicted octanol–water partition coefficient (Wildman–Crippen LogP) is 3.51. The molecule has 0 radical (unpaired) electrons. The van der Waals surface area contributed by atoms with Crippen LogP contribution in [0.1, 0.15) is 19.4 Å². The van der Waals surface area contributed by atoms with Crippen molar-refractivity contribution in [2.24, 2.45) is 5.10 Å². The van der Waals surface area contributed by atoms with E-state index in [0.29, 0.717) is 23.0 Å². The molecule has 0 aliphatic rings. The minimum absolute atomic E-state index is 0.00175. The molecule has 10 heteroatoms. The van der Waals surface area contributed by atoms with Gasteiger partial charge >= 0.3 is 0 Å². The van der Waals surface area contributed by atoms with Gasteiger partial charge in [0.25, 0.3) is 11.6 Å². The SMILES string of the molecule is CCn1c(SCC(=O)NN=C(C)c2ccc([N+](=O)[O-])cc2)nnc1-c1ccccc1. The number of nitro benzene ring substituents is 1. The molecule has 0 aliphatic heterocycles. The molecule has 1 amide bonds. The van der Waals surface area contributed by atoms with Crippen LogP contribution in [-0.2, 0) is 11.3 Å². The van der Waals surface area contributed by atoms with Gasteiger partial charge in [0, 0.05) is 24.2 Å². The number of benzene rings is 2. The van der Waals surface area contributed by atoms with E-state index >= 15 is 0 Å². The van der Waals surface area contributed by atoms with Crippen molar-refractivity contribution < 1.29 is 9.72 Å². The Labute approximate surface area is 177 Å². The van der Waals surface area contributed by atoms with Crippen molar-refractivity contribution in [2.45, 2.75) is 25.5 Å². The summed E-state index contributed by atoms with van der Waals surface area (Å²) >= 11 is 1.28. The van der Waals surface area contributed by atoms with Crippen molar-refractivity contribution in [1.29, 1.82) is 0 Å². The van der Waals surface area contributed by atoms with Crippen LogP contribution in [0.15, 0.2) is 64.9 Å². The predicted molar refractivity (Wildman–Crippen MR) is 115 cm³/mol. The van der Waals surface area contributed by atoms with Crippen LogP contribution in [-0.4, -0.2) is 37.1 Å². The van der Waals surface area contributed by atoms with Crippen molar-refractivity contribution in [3.8, 4) is 11.4 Å². The van der Waals surface area contributed by atoms with Crippen molar-refractivity contribution in [2.75, 3.05) is 5.75 Å². The van der Waals surface area contributed by atoms with Crippen LogP contribution < -0.4 is 5.43 Å². The number of carbonyl (C=O) groups is 1. The van der Waals surface area contributed by atoms with Crippen LogP contribution in [0.3, 0.4) is 0 Å². The number of hydrogen-bond donors (Lipinski definition) is 1. The monoisotopic (exact) mass is 424 g/mol. The second-order valence-corrected chi connectivity index (χ2v) is 7.18. The molecule has 1 heterocycles. The molecule has 0 unspecified atom stereocenters. The Morgan fingerprint density at radius 2 is 1.87 bits per heavy atom. The zero-order chi connectivity index (χ0) is 21.5. The van der Waals surface area contributed by atoms with E-state index < -0.39 is 4.92 Å². The summed E-state index contributed by atoms with van der Waals surface area (Å²) in [5.74, 6) is 0.602. The highest BCUT2D eigenvalue weighted by atomic mass is 32.2. The second kappa shape index (κ2) is 9.79. The molecule has 0 aliphatic carbocycles. The van der Waals surface area contributed by atoms with E-state index in [1.165, 1.54) is 23.9 Å². The number of carbonyl (C=O) groups excluding carboxylic acids is 1. The Morgan fingerprint density at radius 3 is 2.50 bits per heavy atom. The molecule has 9 nitrogen and oxygen atoms in total. The minimum Gasteiger partial charge on any atom is -0.302 e. The smallest absolute Gasteiger partial charge is 0.269 e. The fourth-order valence-corrected chi connectivity index (χ4v) is 3.47. The maximum atomic E-state index is 12.2. The average molecular weight is 424 g/mol. The third-order valence-electron chi connectivity index (χ3n) is 4.24. The molecule has 3 rings (SSSR count). The number of nitrogens with zero attached hydrogens (tertiary/aromatic N) is 5. The van der Waals surface area contributed by atoms with Gasteiger partial charge in [0.1, 0.15) is 0 Å². The lowest BCUT2D eigenvalue weighted by atomic mass is 10.1. The van der Waals surface area contributed by atoms with Gasteiger partial charge in [-0.05, 0) is 31.5 Å². The van der Waals surface area contributed by atoms with Gasteiger partial charge in [0.15, 0.2) is 11.0 Å². The summed E-state index contributed by atoms with van der Waals surface area (Å²) in [6.45, 7) is 4.39. The van der Waals surface area contributed by atoms with Crippen molar-refractivity contribution in [3.05, 3.63) is 70.3 Å². The van der Waals surface area contributed by atoms with Crippen molar-refractivity contribution >= 4 is 29.1 Å². The van der Waals surface area contributed by atoms with Gasteiger partial charge in [-0.25, -0.2) is 5.43 Å². The molecule has 0 atom stereocenters. The van der Waals surface area contributed by atoms with Gasteiger partial charge in [-0.1, -0.05) is 42.1 Å². The maximum absolute atomic E-state index is 12.2. The molecule has 1 N–H and O–H groups in total. The zero-order valence-electron chi connectivity index (χ0n) is 16.5. The number of hydrogen-bond acceptors (Lipinski definition) is 7. The average Bonchev–Trinajstić information content (AvgIpc) is 3.19. The molecular formula is C20H20N6O3S. The molecule has 1 aromatic heterocycles. The first kappa shape index (κ1) is 21.2. The molecule has 3 aromatic rings. The van der Waals surface area contributed by atoms with E-state index in [9.17, 15) is 14.9 Å². The largest absolute Gasteiger partial charge is 0.302 e. The number of thioether (sulfide) groups is 1. The topological polar surface area (TPSA) is 115 Å². The van der Waals surface area contributed by atoms with Crippen LogP contribution in [0.4, 0.5) is 5.69 Å². The minimum atomic E-state index is -0.465. The van der Waals surface area contributed by atoms with Crippen LogP contribution in [0.25, 0.3) is 11.4 Å². The Bertz CT molecular complexity index is 1060. The number of non-ortho nitro benzene ring substituents is 1. The van der Waals surface area contributed by atoms with Crippen molar-refractivity contribution in [3.63, 3.8) is 0 Å². The zero-order valence-corrected chi connectivity index (χ0v) is 17.3. The first-order valence-electron chi connectivity index (χ1n) is 9.19. The van der Waals surface area contributed by atoms with E-state index in [4.69, 9.17) is 0 Å². The molecule has 0 fully saturated rings. The quantitative estimate of drug-likeness (QED) is 0.256. The summed E-state index contributed by atoms with van der Waals surface area (Å²) in [6.07, 6.45) is 0. The number of amides is 1. The van der Waals surface area contributed by atoms with Gasteiger partial charge in [0.05, 0.1) is 16.4 Å². The summed E-state index contributed by atoms with van der Waals surface area (Å²) in [5.41, 5.74) is 4.70. The fraction of sp³-hybridized carbons (Fsp3) is 0.200. The van der Waals surface area contributed by atoms with Crippen LogP contribution in [0.2, 0.25) is 0 Å². The highest BCUT2D eigenvalue weighted by Crippen LogP contribution is 2.23. The van der Waals surface area contributed by atoms with Gasteiger partial charge in [-0.3, -0.25) is 14.9 Å². The van der Waals surface area contributed by atoms with Gasteiger partial charge in [-0.15, -0.1) is 10.2 Å². The van der Waals surface area contributed by atoms with Crippen LogP contribution >= 0.6 is 11.8 Å². The van der Waals surface area contributed by atoms with Crippen molar-refractivity contribution in [1.82, 2.24) is 20.2 Å². The normalized spacial score (nSPS) is 11.3. The fourth-order valence-electron chi connectivity index (χ4n) is 2.68. The summed E-state index contributed by atoms with van der Waals surface area (Å²) < 4.78 is 1.96. The van der Waals surface area contributed by atoms with E-state index in [2.05, 4.69) is 20.7 Å². The number of nitro groups is 1. The van der Waals surface area contributed by atoms with Gasteiger partial charge in [-0.2, -0.15) is 5.10 Å². The lowest BCUT2D eigenvalue weighted by Gasteiger charge is -2.07. The molecule has 30 heavy (non-hydrogen) atoms. The number of hydrazone groups is 1. The highest BCUT2D eigenvalue weighted by molar-refractivity contribution is 7.99.